The lowest BCUT2D eigenvalue weighted by Gasteiger charge is -2.20. The Kier molecular flexibility index (Phi) is 11.4. The molecule has 0 fully saturated rings. The van der Waals surface area contributed by atoms with Crippen LogP contribution in [-0.2, 0) is 4.74 Å². The summed E-state index contributed by atoms with van der Waals surface area (Å²) in [6, 6.07) is 0. The summed E-state index contributed by atoms with van der Waals surface area (Å²) in [5, 5.41) is 0. The Morgan fingerprint density at radius 1 is 0.810 bits per heavy atom. The molecular formula is C16H30O3S2. The molecule has 0 aliphatic carbocycles. The van der Waals surface area contributed by atoms with Crippen LogP contribution >= 0.6 is 24.1 Å². The van der Waals surface area contributed by atoms with Gasteiger partial charge >= 0.3 is 0 Å². The molecule has 0 aliphatic heterocycles. The molecule has 0 saturated carbocycles. The van der Waals surface area contributed by atoms with E-state index in [4.69, 9.17) is 13.8 Å². The standard InChI is InChI=1S/C16H30O3S2/c1-11(2)7-15(13(5)9-20-17)19-16(8-12(3)4)14(6)10-21-18/h11-12,17-18H,7-10H2,1-6H3. The molecule has 0 aromatic carbocycles. The van der Waals surface area contributed by atoms with Gasteiger partial charge in [-0.25, -0.2) is 0 Å². The summed E-state index contributed by atoms with van der Waals surface area (Å²) in [5.74, 6) is 4.00. The van der Waals surface area contributed by atoms with E-state index in [1.165, 1.54) is 0 Å². The van der Waals surface area contributed by atoms with Gasteiger partial charge in [-0.15, -0.1) is 0 Å². The second-order valence-corrected chi connectivity index (χ2v) is 7.35. The van der Waals surface area contributed by atoms with E-state index >= 15 is 0 Å². The molecule has 124 valence electrons. The van der Waals surface area contributed by atoms with Crippen molar-refractivity contribution in [3.63, 3.8) is 0 Å². The Hall–Kier alpha value is -0.100. The highest BCUT2D eigenvalue weighted by molar-refractivity contribution is 7.94. The molecular weight excluding hydrogens is 304 g/mol. The highest BCUT2D eigenvalue weighted by Gasteiger charge is 2.14. The molecule has 0 aliphatic rings. The normalized spacial score (nSPS) is 14.4. The van der Waals surface area contributed by atoms with Crippen molar-refractivity contribution in [3.05, 3.63) is 22.7 Å². The minimum Gasteiger partial charge on any atom is -0.466 e. The third-order valence-corrected chi connectivity index (χ3v) is 4.07. The first-order chi connectivity index (χ1) is 9.81. The highest BCUT2D eigenvalue weighted by Crippen LogP contribution is 2.27. The van der Waals surface area contributed by atoms with Crippen molar-refractivity contribution in [3.8, 4) is 0 Å². The number of allylic oxidation sites excluding steroid dienone is 2. The Bertz CT molecular complexity index is 327. The molecule has 0 amide bonds. The SMILES string of the molecule is CC(CSO)=C(CC(C)C)OC(CC(C)C)=C(C)CSO. The first-order valence-electron chi connectivity index (χ1n) is 7.39. The van der Waals surface area contributed by atoms with Crippen molar-refractivity contribution in [1.82, 2.24) is 0 Å². The number of hydrogen-bond donors (Lipinski definition) is 2. The predicted octanol–water partition coefficient (Wildman–Crippen LogP) is 6.06. The lowest BCUT2D eigenvalue weighted by atomic mass is 10.0. The average Bonchev–Trinajstić information content (AvgIpc) is 2.36. The molecule has 0 radical (unpaired) electrons. The maximum atomic E-state index is 9.07. The zero-order valence-electron chi connectivity index (χ0n) is 14.1. The van der Waals surface area contributed by atoms with Crippen molar-refractivity contribution < 1.29 is 13.8 Å². The van der Waals surface area contributed by atoms with Crippen LogP contribution in [0.2, 0.25) is 0 Å². The van der Waals surface area contributed by atoms with Gasteiger partial charge in [0.05, 0.1) is 0 Å². The fraction of sp³-hybridized carbons (Fsp3) is 0.750. The van der Waals surface area contributed by atoms with E-state index in [1.807, 2.05) is 13.8 Å². The van der Waals surface area contributed by atoms with Crippen LogP contribution < -0.4 is 0 Å². The Morgan fingerprint density at radius 2 is 1.14 bits per heavy atom. The molecule has 0 atom stereocenters. The molecule has 0 aromatic heterocycles. The van der Waals surface area contributed by atoms with E-state index in [1.54, 1.807) is 0 Å². The van der Waals surface area contributed by atoms with Crippen LogP contribution in [0.1, 0.15) is 54.4 Å². The Labute approximate surface area is 138 Å². The van der Waals surface area contributed by atoms with E-state index in [2.05, 4.69) is 27.7 Å². The second kappa shape index (κ2) is 11.5. The van der Waals surface area contributed by atoms with Gasteiger partial charge in [-0.1, -0.05) is 27.7 Å². The largest absolute Gasteiger partial charge is 0.466 e. The van der Waals surface area contributed by atoms with Crippen molar-refractivity contribution in [2.75, 3.05) is 11.5 Å². The minimum absolute atomic E-state index is 0.492. The third kappa shape index (κ3) is 9.51. The topological polar surface area (TPSA) is 49.7 Å². The van der Waals surface area contributed by atoms with Crippen molar-refractivity contribution >= 4 is 24.1 Å². The van der Waals surface area contributed by atoms with E-state index < -0.39 is 0 Å². The molecule has 0 bridgehead atoms. The Morgan fingerprint density at radius 3 is 1.38 bits per heavy atom. The lowest BCUT2D eigenvalue weighted by Crippen LogP contribution is -2.06. The first kappa shape index (κ1) is 20.9. The summed E-state index contributed by atoms with van der Waals surface area (Å²) < 4.78 is 24.4. The number of hydrogen-bond acceptors (Lipinski definition) is 5. The lowest BCUT2D eigenvalue weighted by molar-refractivity contribution is 0.247. The summed E-state index contributed by atoms with van der Waals surface area (Å²) in [6.07, 6.45) is 1.71. The molecule has 21 heavy (non-hydrogen) atoms. The third-order valence-electron chi connectivity index (χ3n) is 2.95. The molecule has 0 heterocycles. The molecule has 0 aromatic rings. The van der Waals surface area contributed by atoms with Gasteiger partial charge in [-0.3, -0.25) is 0 Å². The summed E-state index contributed by atoms with van der Waals surface area (Å²) in [6.45, 7) is 12.6. The van der Waals surface area contributed by atoms with Gasteiger partial charge < -0.3 is 13.8 Å². The number of ether oxygens (including phenoxy) is 1. The number of rotatable bonds is 10. The van der Waals surface area contributed by atoms with Crippen LogP contribution in [0.5, 0.6) is 0 Å². The van der Waals surface area contributed by atoms with Crippen LogP contribution in [0.15, 0.2) is 22.7 Å². The van der Waals surface area contributed by atoms with Crippen LogP contribution in [-0.4, -0.2) is 20.6 Å². The van der Waals surface area contributed by atoms with Crippen LogP contribution in [0.3, 0.4) is 0 Å². The van der Waals surface area contributed by atoms with Gasteiger partial charge in [0.2, 0.25) is 0 Å². The first-order valence-corrected chi connectivity index (χ1v) is 9.28. The highest BCUT2D eigenvalue weighted by atomic mass is 32.2. The quantitative estimate of drug-likeness (QED) is 0.376. The molecule has 0 rings (SSSR count). The van der Waals surface area contributed by atoms with E-state index in [0.717, 1.165) is 59.6 Å². The second-order valence-electron chi connectivity index (χ2n) is 6.25. The molecule has 0 saturated heterocycles. The van der Waals surface area contributed by atoms with E-state index in [0.29, 0.717) is 23.3 Å². The van der Waals surface area contributed by atoms with Crippen molar-refractivity contribution in [2.45, 2.75) is 54.4 Å². The van der Waals surface area contributed by atoms with E-state index in [-0.39, 0.29) is 0 Å². The summed E-state index contributed by atoms with van der Waals surface area (Å²) >= 11 is 1.65. The van der Waals surface area contributed by atoms with Gasteiger partial charge in [0.25, 0.3) is 0 Å². The average molecular weight is 335 g/mol. The summed E-state index contributed by atoms with van der Waals surface area (Å²) in [5.41, 5.74) is 2.14. The van der Waals surface area contributed by atoms with Crippen molar-refractivity contribution in [2.24, 2.45) is 11.8 Å². The fourth-order valence-corrected chi connectivity index (χ4v) is 2.56. The maximum Gasteiger partial charge on any atom is 0.104 e. The molecule has 2 N–H and O–H groups in total. The summed E-state index contributed by atoms with van der Waals surface area (Å²) in [4.78, 5) is 0. The minimum atomic E-state index is 0.492. The molecule has 0 spiro atoms. The van der Waals surface area contributed by atoms with E-state index in [9.17, 15) is 0 Å². The maximum absolute atomic E-state index is 9.07. The van der Waals surface area contributed by atoms with Gasteiger partial charge in [0.15, 0.2) is 0 Å². The van der Waals surface area contributed by atoms with Gasteiger partial charge in [-0.2, -0.15) is 0 Å². The zero-order valence-corrected chi connectivity index (χ0v) is 15.7. The van der Waals surface area contributed by atoms with Gasteiger partial charge in [0.1, 0.15) is 11.5 Å². The molecule has 3 nitrogen and oxygen atoms in total. The van der Waals surface area contributed by atoms with Crippen molar-refractivity contribution in [1.29, 1.82) is 0 Å². The predicted molar refractivity (Wildman–Crippen MR) is 95.6 cm³/mol. The molecule has 5 heteroatoms. The summed E-state index contributed by atoms with van der Waals surface area (Å²) in [7, 11) is 0. The molecule has 0 unspecified atom stereocenters. The Balaban J connectivity index is 5.30. The van der Waals surface area contributed by atoms with Crippen LogP contribution in [0, 0.1) is 11.8 Å². The van der Waals surface area contributed by atoms with Gasteiger partial charge in [0, 0.05) is 24.3 Å². The smallest absolute Gasteiger partial charge is 0.104 e. The fourth-order valence-electron chi connectivity index (χ4n) is 1.85. The van der Waals surface area contributed by atoms with Crippen LogP contribution in [0.4, 0.5) is 0 Å². The monoisotopic (exact) mass is 334 g/mol. The van der Waals surface area contributed by atoms with Crippen LogP contribution in [0.25, 0.3) is 0 Å². The zero-order chi connectivity index (χ0) is 16.4. The van der Waals surface area contributed by atoms with Gasteiger partial charge in [-0.05, 0) is 60.9 Å².